The minimum absolute atomic E-state index is 0.0876. The molecule has 0 aliphatic heterocycles. The van der Waals surface area contributed by atoms with Gasteiger partial charge in [0.25, 0.3) is 0 Å². The topological polar surface area (TPSA) is 77.0 Å². The molecule has 2 aromatic carbocycles. The Morgan fingerprint density at radius 1 is 1.03 bits per heavy atom. The maximum atomic E-state index is 13.9. The van der Waals surface area contributed by atoms with Crippen molar-refractivity contribution >= 4 is 16.9 Å². The first-order chi connectivity index (χ1) is 16.2. The smallest absolute Gasteiger partial charge is 0.408 e. The number of hydrogen-bond acceptors (Lipinski definition) is 5. The molecule has 4 rings (SSSR count). The molecule has 0 fully saturated rings. The lowest BCUT2D eigenvalue weighted by Crippen LogP contribution is -2.36. The van der Waals surface area contributed by atoms with Crippen molar-refractivity contribution in [1.29, 1.82) is 0 Å². The average molecular weight is 463 g/mol. The zero-order valence-corrected chi connectivity index (χ0v) is 19.0. The molecule has 0 radical (unpaired) electrons. The molecule has 2 heterocycles. The number of fused-ring (bicyclic) bond motifs is 1. The fraction of sp³-hybridized carbons (Fsp3) is 0.231. The summed E-state index contributed by atoms with van der Waals surface area (Å²) in [4.78, 5) is 25.5. The number of nitrogens with zero attached hydrogens (tertiary/aromatic N) is 3. The molecule has 1 atom stereocenters. The highest BCUT2D eigenvalue weighted by Gasteiger charge is 2.25. The Morgan fingerprint density at radius 2 is 1.79 bits per heavy atom. The fourth-order valence-corrected chi connectivity index (χ4v) is 3.81. The van der Waals surface area contributed by atoms with Crippen LogP contribution in [0.25, 0.3) is 21.9 Å². The summed E-state index contributed by atoms with van der Waals surface area (Å²) in [6.45, 7) is 5.26. The van der Waals surface area contributed by atoms with Crippen LogP contribution in [0.1, 0.15) is 38.1 Å². The molecule has 4 aromatic rings. The number of carbonyl (C=O) groups is 1. The molecule has 34 heavy (non-hydrogen) atoms. The van der Waals surface area contributed by atoms with Gasteiger partial charge in [-0.2, -0.15) is 0 Å². The van der Waals surface area contributed by atoms with Gasteiger partial charge < -0.3 is 10.1 Å². The van der Waals surface area contributed by atoms with Crippen molar-refractivity contribution in [1.82, 2.24) is 20.3 Å². The van der Waals surface area contributed by atoms with E-state index in [1.165, 1.54) is 18.5 Å². The highest BCUT2D eigenvalue weighted by Crippen LogP contribution is 2.33. The third-order valence-corrected chi connectivity index (χ3v) is 5.10. The minimum atomic E-state index is -0.744. The first-order valence-corrected chi connectivity index (χ1v) is 10.8. The molecule has 8 heteroatoms. The largest absolute Gasteiger partial charge is 0.444 e. The van der Waals surface area contributed by atoms with Crippen LogP contribution in [0.5, 0.6) is 0 Å². The van der Waals surface area contributed by atoms with Crippen LogP contribution in [0.15, 0.2) is 67.4 Å². The number of rotatable bonds is 5. The van der Waals surface area contributed by atoms with Gasteiger partial charge >= 0.3 is 6.09 Å². The van der Waals surface area contributed by atoms with Crippen LogP contribution in [0.4, 0.5) is 13.6 Å². The van der Waals surface area contributed by atoms with Crippen molar-refractivity contribution in [3.63, 3.8) is 0 Å². The summed E-state index contributed by atoms with van der Waals surface area (Å²) in [5, 5.41) is 4.69. The van der Waals surface area contributed by atoms with E-state index in [1.807, 2.05) is 24.3 Å². The van der Waals surface area contributed by atoms with E-state index >= 15 is 0 Å². The zero-order chi connectivity index (χ0) is 24.3. The van der Waals surface area contributed by atoms with E-state index in [1.54, 1.807) is 39.4 Å². The second kappa shape index (κ2) is 9.51. The summed E-state index contributed by atoms with van der Waals surface area (Å²) in [5.41, 5.74) is 1.66. The molecule has 0 unspecified atom stereocenters. The third-order valence-electron chi connectivity index (χ3n) is 5.10. The second-order valence-corrected chi connectivity index (χ2v) is 8.90. The molecule has 0 saturated heterocycles. The summed E-state index contributed by atoms with van der Waals surface area (Å²) < 4.78 is 33.2. The first-order valence-electron chi connectivity index (χ1n) is 10.8. The lowest BCUT2D eigenvalue weighted by atomic mass is 9.94. The number of amides is 1. The van der Waals surface area contributed by atoms with Gasteiger partial charge in [-0.25, -0.2) is 23.5 Å². The van der Waals surface area contributed by atoms with Gasteiger partial charge in [0.1, 0.15) is 23.6 Å². The van der Waals surface area contributed by atoms with Gasteiger partial charge in [0.2, 0.25) is 0 Å². The number of ether oxygens (including phenoxy) is 1. The number of benzene rings is 2. The number of aromatic nitrogens is 3. The van der Waals surface area contributed by atoms with Crippen LogP contribution < -0.4 is 5.32 Å². The van der Waals surface area contributed by atoms with Gasteiger partial charge in [-0.15, -0.1) is 0 Å². The van der Waals surface area contributed by atoms with Gasteiger partial charge in [-0.3, -0.25) is 4.98 Å². The predicted molar refractivity (Wildman–Crippen MR) is 125 cm³/mol. The molecule has 1 amide bonds. The summed E-state index contributed by atoms with van der Waals surface area (Å²) in [7, 11) is 0. The van der Waals surface area contributed by atoms with Crippen LogP contribution in [0, 0.1) is 11.6 Å². The van der Waals surface area contributed by atoms with Crippen molar-refractivity contribution in [3.05, 3.63) is 90.3 Å². The van der Waals surface area contributed by atoms with E-state index in [-0.39, 0.29) is 6.42 Å². The summed E-state index contributed by atoms with van der Waals surface area (Å²) in [5.74, 6) is -1.40. The molecule has 2 aromatic heterocycles. The SMILES string of the molecule is CC(C)(C)OC(=O)N[C@@H](Cc1cc(F)cc(F)c1)c1ncncc1-c1cccc2cnccc12. The van der Waals surface area contributed by atoms with Gasteiger partial charge in [-0.05, 0) is 61.9 Å². The minimum Gasteiger partial charge on any atom is -0.444 e. The molecule has 0 aliphatic rings. The van der Waals surface area contributed by atoms with Gasteiger partial charge in [-0.1, -0.05) is 18.2 Å². The fourth-order valence-electron chi connectivity index (χ4n) is 3.81. The molecule has 1 N–H and O–H groups in total. The first kappa shape index (κ1) is 23.2. The Labute approximate surface area is 196 Å². The molecule has 0 spiro atoms. The highest BCUT2D eigenvalue weighted by molar-refractivity contribution is 5.96. The second-order valence-electron chi connectivity index (χ2n) is 8.90. The predicted octanol–water partition coefficient (Wildman–Crippen LogP) is 5.78. The van der Waals surface area contributed by atoms with Crippen molar-refractivity contribution in [2.75, 3.05) is 0 Å². The Kier molecular flexibility index (Phi) is 6.49. The zero-order valence-electron chi connectivity index (χ0n) is 19.0. The summed E-state index contributed by atoms with van der Waals surface area (Å²) >= 11 is 0. The molecule has 174 valence electrons. The molecular formula is C26H24F2N4O2. The summed E-state index contributed by atoms with van der Waals surface area (Å²) in [6.07, 6.45) is 5.91. The van der Waals surface area contributed by atoms with Crippen LogP contribution in [0.2, 0.25) is 0 Å². The van der Waals surface area contributed by atoms with Crippen LogP contribution in [-0.2, 0) is 11.2 Å². The normalized spacial score (nSPS) is 12.4. The van der Waals surface area contributed by atoms with Crippen molar-refractivity contribution < 1.29 is 18.3 Å². The molecule has 0 saturated carbocycles. The lowest BCUT2D eigenvalue weighted by Gasteiger charge is -2.25. The number of halogens is 2. The Balaban J connectivity index is 1.80. The van der Waals surface area contributed by atoms with Crippen LogP contribution in [0.3, 0.4) is 0 Å². The van der Waals surface area contributed by atoms with E-state index in [9.17, 15) is 13.6 Å². The average Bonchev–Trinajstić information content (AvgIpc) is 2.76. The summed E-state index contributed by atoms with van der Waals surface area (Å²) in [6, 6.07) is 10.2. The van der Waals surface area contributed by atoms with Crippen molar-refractivity contribution in [2.45, 2.75) is 38.8 Å². The van der Waals surface area contributed by atoms with Gasteiger partial charge in [0.15, 0.2) is 0 Å². The van der Waals surface area contributed by atoms with Crippen LogP contribution in [-0.4, -0.2) is 26.6 Å². The van der Waals surface area contributed by atoms with Crippen LogP contribution >= 0.6 is 0 Å². The van der Waals surface area contributed by atoms with Crippen molar-refractivity contribution in [3.8, 4) is 11.1 Å². The van der Waals surface area contributed by atoms with E-state index in [0.29, 0.717) is 16.8 Å². The number of nitrogens with one attached hydrogen (secondary N) is 1. The maximum Gasteiger partial charge on any atom is 0.408 e. The molecule has 0 bridgehead atoms. The Bertz CT molecular complexity index is 1310. The lowest BCUT2D eigenvalue weighted by molar-refractivity contribution is 0.0502. The highest BCUT2D eigenvalue weighted by atomic mass is 19.1. The Hall–Kier alpha value is -3.94. The third kappa shape index (κ3) is 5.51. The quantitative estimate of drug-likeness (QED) is 0.407. The number of pyridine rings is 1. The number of alkyl carbamates (subject to hydrolysis) is 1. The Morgan fingerprint density at radius 3 is 2.53 bits per heavy atom. The van der Waals surface area contributed by atoms with Gasteiger partial charge in [0.05, 0.1) is 11.7 Å². The van der Waals surface area contributed by atoms with E-state index in [0.717, 1.165) is 22.4 Å². The van der Waals surface area contributed by atoms with E-state index < -0.39 is 29.4 Å². The van der Waals surface area contributed by atoms with Gasteiger partial charge in [0, 0.05) is 35.6 Å². The maximum absolute atomic E-state index is 13.9. The van der Waals surface area contributed by atoms with E-state index in [2.05, 4.69) is 20.3 Å². The molecular weight excluding hydrogens is 438 g/mol. The molecule has 0 aliphatic carbocycles. The molecule has 6 nitrogen and oxygen atoms in total. The standard InChI is InChI=1S/C26H24F2N4O2/c1-26(2,3)34-25(33)32-23(11-16-9-18(27)12-19(28)10-16)24-22(14-30-15-31-24)21-6-4-5-17-13-29-8-7-20(17)21/h4-10,12-15,23H,11H2,1-3H3,(H,32,33)/t23-/m0/s1. The number of hydrogen-bond donors (Lipinski definition) is 1. The number of carbonyl (C=O) groups excluding carboxylic acids is 1. The van der Waals surface area contributed by atoms with E-state index in [4.69, 9.17) is 4.74 Å². The van der Waals surface area contributed by atoms with Crippen molar-refractivity contribution in [2.24, 2.45) is 0 Å². The monoisotopic (exact) mass is 462 g/mol.